The van der Waals surface area contributed by atoms with E-state index in [9.17, 15) is 4.79 Å². The fraction of sp³-hybridized carbons (Fsp3) is 0.100. The Balaban J connectivity index is 3.02. The Morgan fingerprint density at radius 1 is 1.29 bits per heavy atom. The minimum Gasteiger partial charge on any atom is -0.359 e. The molecular formula is C10H7Br2NO. The van der Waals surface area contributed by atoms with Crippen LogP contribution in [0.5, 0.6) is 0 Å². The third-order valence-electron chi connectivity index (χ3n) is 2.14. The maximum Gasteiger partial charge on any atom is 0.203 e. The van der Waals surface area contributed by atoms with Crippen LogP contribution >= 0.6 is 31.9 Å². The van der Waals surface area contributed by atoms with Crippen LogP contribution in [0.15, 0.2) is 32.1 Å². The molecule has 72 valence electrons. The number of rotatable bonds is 0. The predicted octanol–water partition coefficient (Wildman–Crippen LogP) is 3.36. The molecule has 0 saturated carbocycles. The van der Waals surface area contributed by atoms with Gasteiger partial charge in [-0.25, -0.2) is 0 Å². The lowest BCUT2D eigenvalue weighted by Gasteiger charge is -2.03. The quantitative estimate of drug-likeness (QED) is 0.794. The van der Waals surface area contributed by atoms with Gasteiger partial charge in [0, 0.05) is 16.1 Å². The van der Waals surface area contributed by atoms with E-state index in [0.29, 0.717) is 9.86 Å². The van der Waals surface area contributed by atoms with Crippen molar-refractivity contribution in [2.45, 2.75) is 6.92 Å². The van der Waals surface area contributed by atoms with E-state index < -0.39 is 0 Å². The summed E-state index contributed by atoms with van der Waals surface area (Å²) in [6.07, 6.45) is 1.66. The van der Waals surface area contributed by atoms with Gasteiger partial charge < -0.3 is 4.98 Å². The van der Waals surface area contributed by atoms with Crippen molar-refractivity contribution in [2.75, 3.05) is 0 Å². The van der Waals surface area contributed by atoms with E-state index in [-0.39, 0.29) is 5.43 Å². The molecule has 1 N–H and O–H groups in total. The zero-order valence-electron chi connectivity index (χ0n) is 7.40. The first kappa shape index (κ1) is 9.93. The number of halogens is 2. The van der Waals surface area contributed by atoms with E-state index >= 15 is 0 Å². The van der Waals surface area contributed by atoms with Crippen molar-refractivity contribution in [3.05, 3.63) is 43.1 Å². The summed E-state index contributed by atoms with van der Waals surface area (Å²) in [5, 5.41) is 0.692. The molecule has 0 radical (unpaired) electrons. The third kappa shape index (κ3) is 1.42. The maximum atomic E-state index is 11.7. The number of aromatic nitrogens is 1. The summed E-state index contributed by atoms with van der Waals surface area (Å²) in [5.41, 5.74) is 1.97. The van der Waals surface area contributed by atoms with E-state index in [1.165, 1.54) is 0 Å². The van der Waals surface area contributed by atoms with Gasteiger partial charge >= 0.3 is 0 Å². The Bertz CT molecular complexity index is 560. The number of benzene rings is 1. The molecular weight excluding hydrogens is 310 g/mol. The van der Waals surface area contributed by atoms with Crippen LogP contribution in [0.25, 0.3) is 10.9 Å². The molecule has 0 unspecified atom stereocenters. The van der Waals surface area contributed by atoms with Crippen LogP contribution in [-0.2, 0) is 0 Å². The highest BCUT2D eigenvalue weighted by Gasteiger charge is 2.06. The number of fused-ring (bicyclic) bond motifs is 1. The smallest absolute Gasteiger partial charge is 0.203 e. The normalized spacial score (nSPS) is 10.8. The highest BCUT2D eigenvalue weighted by atomic mass is 79.9. The number of hydrogen-bond donors (Lipinski definition) is 1. The van der Waals surface area contributed by atoms with Gasteiger partial charge in [0.15, 0.2) is 0 Å². The van der Waals surface area contributed by atoms with Crippen LogP contribution in [0.2, 0.25) is 0 Å². The Morgan fingerprint density at radius 2 is 2.00 bits per heavy atom. The fourth-order valence-electron chi connectivity index (χ4n) is 1.34. The van der Waals surface area contributed by atoms with Crippen molar-refractivity contribution in [1.82, 2.24) is 4.98 Å². The second kappa shape index (κ2) is 3.51. The molecule has 1 aromatic carbocycles. The SMILES string of the molecule is Cc1ccc2c(=O)c(Br)c[nH]c2c1Br. The van der Waals surface area contributed by atoms with E-state index in [4.69, 9.17) is 0 Å². The Morgan fingerprint density at radius 3 is 2.71 bits per heavy atom. The molecule has 0 spiro atoms. The van der Waals surface area contributed by atoms with Gasteiger partial charge in [-0.05, 0) is 50.4 Å². The number of nitrogens with one attached hydrogen (secondary N) is 1. The highest BCUT2D eigenvalue weighted by molar-refractivity contribution is 9.11. The van der Waals surface area contributed by atoms with Gasteiger partial charge in [0.1, 0.15) is 0 Å². The molecule has 4 heteroatoms. The van der Waals surface area contributed by atoms with Crippen LogP contribution in [0.4, 0.5) is 0 Å². The lowest BCUT2D eigenvalue weighted by atomic mass is 10.1. The number of H-pyrrole nitrogens is 1. The maximum absolute atomic E-state index is 11.7. The average molecular weight is 317 g/mol. The summed E-state index contributed by atoms with van der Waals surface area (Å²) in [5.74, 6) is 0. The van der Waals surface area contributed by atoms with Gasteiger partial charge in [-0.2, -0.15) is 0 Å². The van der Waals surface area contributed by atoms with E-state index in [2.05, 4.69) is 36.8 Å². The zero-order chi connectivity index (χ0) is 10.3. The minimum atomic E-state index is 0.0134. The van der Waals surface area contributed by atoms with Crippen molar-refractivity contribution < 1.29 is 0 Å². The van der Waals surface area contributed by atoms with Crippen molar-refractivity contribution >= 4 is 42.8 Å². The molecule has 0 aliphatic rings. The minimum absolute atomic E-state index is 0.0134. The van der Waals surface area contributed by atoms with Gasteiger partial charge in [-0.15, -0.1) is 0 Å². The molecule has 0 amide bonds. The first-order valence-electron chi connectivity index (χ1n) is 4.07. The van der Waals surface area contributed by atoms with E-state index in [1.807, 2.05) is 19.1 Å². The lowest BCUT2D eigenvalue weighted by Crippen LogP contribution is -2.03. The molecule has 0 bridgehead atoms. The summed E-state index contributed by atoms with van der Waals surface area (Å²) >= 11 is 6.65. The summed E-state index contributed by atoms with van der Waals surface area (Å²) in [4.78, 5) is 14.8. The van der Waals surface area contributed by atoms with Crippen molar-refractivity contribution in [1.29, 1.82) is 0 Å². The lowest BCUT2D eigenvalue weighted by molar-refractivity contribution is 1.33. The highest BCUT2D eigenvalue weighted by Crippen LogP contribution is 2.24. The number of aromatic amines is 1. The van der Waals surface area contributed by atoms with Gasteiger partial charge in [0.2, 0.25) is 5.43 Å². The second-order valence-electron chi connectivity index (χ2n) is 3.08. The number of hydrogen-bond acceptors (Lipinski definition) is 1. The van der Waals surface area contributed by atoms with Gasteiger partial charge in [0.05, 0.1) is 9.99 Å². The average Bonchev–Trinajstić information content (AvgIpc) is 2.17. The van der Waals surface area contributed by atoms with Crippen LogP contribution in [0, 0.1) is 6.92 Å². The summed E-state index contributed by atoms with van der Waals surface area (Å²) < 4.78 is 1.50. The van der Waals surface area contributed by atoms with Gasteiger partial charge in [0.25, 0.3) is 0 Å². The molecule has 1 aromatic heterocycles. The summed E-state index contributed by atoms with van der Waals surface area (Å²) in [6.45, 7) is 1.99. The molecule has 0 saturated heterocycles. The molecule has 14 heavy (non-hydrogen) atoms. The Labute approximate surface area is 97.6 Å². The third-order valence-corrected chi connectivity index (χ3v) is 3.75. The predicted molar refractivity (Wildman–Crippen MR) is 64.7 cm³/mol. The van der Waals surface area contributed by atoms with Crippen LogP contribution in [0.3, 0.4) is 0 Å². The van der Waals surface area contributed by atoms with Crippen molar-refractivity contribution in [3.63, 3.8) is 0 Å². The Kier molecular flexibility index (Phi) is 2.49. The molecule has 1 heterocycles. The molecule has 2 nitrogen and oxygen atoms in total. The van der Waals surface area contributed by atoms with Crippen LogP contribution in [-0.4, -0.2) is 4.98 Å². The zero-order valence-corrected chi connectivity index (χ0v) is 10.6. The largest absolute Gasteiger partial charge is 0.359 e. The van der Waals surface area contributed by atoms with Crippen molar-refractivity contribution in [2.24, 2.45) is 0 Å². The van der Waals surface area contributed by atoms with Gasteiger partial charge in [-0.1, -0.05) is 6.07 Å². The first-order valence-corrected chi connectivity index (χ1v) is 5.66. The molecule has 0 atom stereocenters. The van der Waals surface area contributed by atoms with Crippen LogP contribution in [0.1, 0.15) is 5.56 Å². The molecule has 2 aromatic rings. The number of aryl methyl sites for hydroxylation is 1. The molecule has 0 aliphatic carbocycles. The summed E-state index contributed by atoms with van der Waals surface area (Å²) in [6, 6.07) is 3.76. The van der Waals surface area contributed by atoms with E-state index in [0.717, 1.165) is 15.6 Å². The van der Waals surface area contributed by atoms with Crippen LogP contribution < -0.4 is 5.43 Å². The fourth-order valence-corrected chi connectivity index (χ4v) is 2.13. The summed E-state index contributed by atoms with van der Waals surface area (Å²) in [7, 11) is 0. The first-order chi connectivity index (χ1) is 6.61. The van der Waals surface area contributed by atoms with E-state index in [1.54, 1.807) is 6.20 Å². The van der Waals surface area contributed by atoms with Gasteiger partial charge in [-0.3, -0.25) is 4.79 Å². The monoisotopic (exact) mass is 315 g/mol. The Hall–Kier alpha value is -0.610. The molecule has 2 rings (SSSR count). The standard InChI is InChI=1S/C10H7Br2NO/c1-5-2-3-6-9(8(5)12)13-4-7(11)10(6)14/h2-4H,1H3,(H,13,14). The molecule has 0 fully saturated rings. The molecule has 0 aliphatic heterocycles. The second-order valence-corrected chi connectivity index (χ2v) is 4.73. The number of pyridine rings is 1. The topological polar surface area (TPSA) is 32.9 Å². The van der Waals surface area contributed by atoms with Crippen molar-refractivity contribution in [3.8, 4) is 0 Å².